The molecule has 0 radical (unpaired) electrons. The third kappa shape index (κ3) is 4.07. The minimum atomic E-state index is -0.363. The molecule has 120 valence electrons. The second-order valence-electron chi connectivity index (χ2n) is 4.98. The van der Waals surface area contributed by atoms with E-state index in [0.29, 0.717) is 22.9 Å². The van der Waals surface area contributed by atoms with Crippen LogP contribution in [0.25, 0.3) is 0 Å². The van der Waals surface area contributed by atoms with Crippen molar-refractivity contribution in [2.75, 3.05) is 16.0 Å². The molecular formula is C18H15FN4O. The zero-order chi connectivity index (χ0) is 16.8. The van der Waals surface area contributed by atoms with Crippen LogP contribution in [0.4, 0.5) is 32.1 Å². The van der Waals surface area contributed by atoms with E-state index in [4.69, 9.17) is 0 Å². The molecule has 0 aliphatic heterocycles. The Balaban J connectivity index is 1.60. The minimum Gasteiger partial charge on any atom is -0.338 e. The lowest BCUT2D eigenvalue weighted by Crippen LogP contribution is -2.19. The van der Waals surface area contributed by atoms with Crippen molar-refractivity contribution in [3.63, 3.8) is 0 Å². The summed E-state index contributed by atoms with van der Waals surface area (Å²) < 4.78 is 13.6. The van der Waals surface area contributed by atoms with Crippen molar-refractivity contribution in [2.45, 2.75) is 0 Å². The molecule has 0 atom stereocenters. The second kappa shape index (κ2) is 7.23. The molecule has 5 nitrogen and oxygen atoms in total. The Bertz CT molecular complexity index is 822. The quantitative estimate of drug-likeness (QED) is 0.657. The van der Waals surface area contributed by atoms with Gasteiger partial charge in [-0.2, -0.15) is 0 Å². The van der Waals surface area contributed by atoms with Crippen molar-refractivity contribution < 1.29 is 9.18 Å². The number of amides is 2. The molecule has 24 heavy (non-hydrogen) atoms. The molecule has 1 aromatic heterocycles. The van der Waals surface area contributed by atoms with Crippen LogP contribution in [0.15, 0.2) is 72.9 Å². The van der Waals surface area contributed by atoms with Gasteiger partial charge in [0.15, 0.2) is 0 Å². The number of hydrogen-bond donors (Lipinski definition) is 3. The molecule has 0 saturated heterocycles. The molecule has 0 spiro atoms. The lowest BCUT2D eigenvalue weighted by molar-refractivity contribution is 0.262. The van der Waals surface area contributed by atoms with Gasteiger partial charge in [-0.25, -0.2) is 14.2 Å². The van der Waals surface area contributed by atoms with Gasteiger partial charge in [0, 0.05) is 5.69 Å². The number of rotatable bonds is 4. The number of benzene rings is 2. The number of halogens is 1. The number of nitrogens with zero attached hydrogens (tertiary/aromatic N) is 1. The average Bonchev–Trinajstić information content (AvgIpc) is 2.59. The topological polar surface area (TPSA) is 66.1 Å². The van der Waals surface area contributed by atoms with Crippen LogP contribution < -0.4 is 16.0 Å². The summed E-state index contributed by atoms with van der Waals surface area (Å²) in [6.07, 6.45) is 1.49. The van der Waals surface area contributed by atoms with E-state index in [1.165, 1.54) is 12.3 Å². The zero-order valence-corrected chi connectivity index (χ0v) is 12.7. The van der Waals surface area contributed by atoms with Crippen LogP contribution in [0.5, 0.6) is 0 Å². The molecule has 0 aliphatic rings. The number of urea groups is 1. The highest BCUT2D eigenvalue weighted by molar-refractivity contribution is 5.99. The van der Waals surface area contributed by atoms with E-state index in [1.54, 1.807) is 42.5 Å². The van der Waals surface area contributed by atoms with Crippen molar-refractivity contribution in [3.05, 3.63) is 78.7 Å². The largest absolute Gasteiger partial charge is 0.338 e. The smallest absolute Gasteiger partial charge is 0.323 e. The number of aromatic nitrogens is 1. The summed E-state index contributed by atoms with van der Waals surface area (Å²) >= 11 is 0. The Morgan fingerprint density at radius 1 is 0.833 bits per heavy atom. The van der Waals surface area contributed by atoms with E-state index in [1.807, 2.05) is 18.2 Å². The van der Waals surface area contributed by atoms with Crippen LogP contribution in [-0.2, 0) is 0 Å². The van der Waals surface area contributed by atoms with Crippen molar-refractivity contribution in [1.29, 1.82) is 0 Å². The Hall–Kier alpha value is -3.41. The zero-order valence-electron chi connectivity index (χ0n) is 12.7. The molecule has 1 heterocycles. The Morgan fingerprint density at radius 2 is 1.54 bits per heavy atom. The SMILES string of the molecule is O=C(Nc1ccccc1)Nc1ccc(Nc2ccccc2F)nc1. The minimum absolute atomic E-state index is 0.340. The van der Waals surface area contributed by atoms with Gasteiger partial charge in [0.1, 0.15) is 11.6 Å². The summed E-state index contributed by atoms with van der Waals surface area (Å²) in [7, 11) is 0. The molecule has 3 N–H and O–H groups in total. The fourth-order valence-corrected chi connectivity index (χ4v) is 2.06. The predicted molar refractivity (Wildman–Crippen MR) is 93.0 cm³/mol. The highest BCUT2D eigenvalue weighted by atomic mass is 19.1. The molecule has 3 aromatic rings. The molecule has 0 aliphatic carbocycles. The normalized spacial score (nSPS) is 10.0. The first-order valence-electron chi connectivity index (χ1n) is 7.31. The van der Waals surface area contributed by atoms with Gasteiger partial charge < -0.3 is 16.0 Å². The Labute approximate surface area is 138 Å². The molecule has 0 unspecified atom stereocenters. The van der Waals surface area contributed by atoms with Crippen LogP contribution in [0.1, 0.15) is 0 Å². The van der Waals surface area contributed by atoms with Gasteiger partial charge in [-0.05, 0) is 36.4 Å². The summed E-state index contributed by atoms with van der Waals surface area (Å²) in [6.45, 7) is 0. The van der Waals surface area contributed by atoms with E-state index in [0.717, 1.165) is 0 Å². The number of hydrogen-bond acceptors (Lipinski definition) is 3. The van der Waals surface area contributed by atoms with E-state index < -0.39 is 0 Å². The first-order valence-corrected chi connectivity index (χ1v) is 7.31. The van der Waals surface area contributed by atoms with Crippen molar-refractivity contribution >= 4 is 28.9 Å². The number of para-hydroxylation sites is 2. The third-order valence-electron chi connectivity index (χ3n) is 3.19. The third-order valence-corrected chi connectivity index (χ3v) is 3.19. The van der Waals surface area contributed by atoms with E-state index in [9.17, 15) is 9.18 Å². The summed E-state index contributed by atoms with van der Waals surface area (Å²) in [5.74, 6) is 0.123. The lowest BCUT2D eigenvalue weighted by Gasteiger charge is -2.09. The van der Waals surface area contributed by atoms with Gasteiger partial charge in [0.2, 0.25) is 0 Å². The molecule has 3 rings (SSSR count). The Kier molecular flexibility index (Phi) is 4.67. The van der Waals surface area contributed by atoms with Gasteiger partial charge in [-0.1, -0.05) is 30.3 Å². The van der Waals surface area contributed by atoms with Crippen molar-refractivity contribution in [2.24, 2.45) is 0 Å². The van der Waals surface area contributed by atoms with Gasteiger partial charge in [-0.15, -0.1) is 0 Å². The van der Waals surface area contributed by atoms with E-state index in [2.05, 4.69) is 20.9 Å². The standard InChI is InChI=1S/C18H15FN4O/c19-15-8-4-5-9-16(15)23-17-11-10-14(12-20-17)22-18(24)21-13-6-2-1-3-7-13/h1-12H,(H,20,23)(H2,21,22,24). The van der Waals surface area contributed by atoms with Crippen molar-refractivity contribution in [3.8, 4) is 0 Å². The van der Waals surface area contributed by atoms with Crippen molar-refractivity contribution in [1.82, 2.24) is 4.98 Å². The maximum absolute atomic E-state index is 13.6. The molecule has 6 heteroatoms. The lowest BCUT2D eigenvalue weighted by atomic mass is 10.3. The Morgan fingerprint density at radius 3 is 2.25 bits per heavy atom. The van der Waals surface area contributed by atoms with Crippen LogP contribution >= 0.6 is 0 Å². The highest BCUT2D eigenvalue weighted by Gasteiger charge is 2.04. The van der Waals surface area contributed by atoms with Gasteiger partial charge in [0.05, 0.1) is 17.6 Å². The summed E-state index contributed by atoms with van der Waals surface area (Å²) in [6, 6.07) is 18.4. The highest BCUT2D eigenvalue weighted by Crippen LogP contribution is 2.19. The number of pyridine rings is 1. The molecule has 0 fully saturated rings. The first-order chi connectivity index (χ1) is 11.7. The first kappa shape index (κ1) is 15.5. The van der Waals surface area contributed by atoms with E-state index in [-0.39, 0.29) is 11.8 Å². The van der Waals surface area contributed by atoms with Gasteiger partial charge in [-0.3, -0.25) is 0 Å². The summed E-state index contributed by atoms with van der Waals surface area (Å²) in [5, 5.41) is 8.27. The van der Waals surface area contributed by atoms with Crippen LogP contribution in [0.3, 0.4) is 0 Å². The number of anilines is 4. The average molecular weight is 322 g/mol. The number of carbonyl (C=O) groups is 1. The molecule has 0 bridgehead atoms. The molecule has 2 amide bonds. The fraction of sp³-hybridized carbons (Fsp3) is 0. The molecule has 2 aromatic carbocycles. The van der Waals surface area contributed by atoms with Crippen LogP contribution in [0, 0.1) is 5.82 Å². The maximum atomic E-state index is 13.6. The summed E-state index contributed by atoms with van der Waals surface area (Å²) in [4.78, 5) is 16.0. The van der Waals surface area contributed by atoms with Crippen LogP contribution in [0.2, 0.25) is 0 Å². The number of carbonyl (C=O) groups excluding carboxylic acids is 1. The second-order valence-corrected chi connectivity index (χ2v) is 4.98. The maximum Gasteiger partial charge on any atom is 0.323 e. The molecular weight excluding hydrogens is 307 g/mol. The summed E-state index contributed by atoms with van der Waals surface area (Å²) in [5.41, 5.74) is 1.57. The molecule has 0 saturated carbocycles. The monoisotopic (exact) mass is 322 g/mol. The van der Waals surface area contributed by atoms with E-state index >= 15 is 0 Å². The van der Waals surface area contributed by atoms with Crippen LogP contribution in [-0.4, -0.2) is 11.0 Å². The predicted octanol–water partition coefficient (Wildman–Crippen LogP) is 4.61. The van der Waals surface area contributed by atoms with Gasteiger partial charge >= 0.3 is 6.03 Å². The van der Waals surface area contributed by atoms with Gasteiger partial charge in [0.25, 0.3) is 0 Å². The fourth-order valence-electron chi connectivity index (χ4n) is 2.06. The number of nitrogens with one attached hydrogen (secondary N) is 3.